The van der Waals surface area contributed by atoms with Gasteiger partial charge in [-0.2, -0.15) is 0 Å². The van der Waals surface area contributed by atoms with Gasteiger partial charge < -0.3 is 13.9 Å². The lowest BCUT2D eigenvalue weighted by atomic mass is 9.99. The molecule has 1 aliphatic heterocycles. The van der Waals surface area contributed by atoms with Gasteiger partial charge >= 0.3 is 0 Å². The summed E-state index contributed by atoms with van der Waals surface area (Å²) in [6, 6.07) is 14.7. The van der Waals surface area contributed by atoms with Gasteiger partial charge in [-0.1, -0.05) is 31.2 Å². The van der Waals surface area contributed by atoms with Crippen molar-refractivity contribution in [1.82, 2.24) is 4.90 Å². The molecule has 1 aromatic heterocycles. The SMILES string of the molecule is CCN(CCCc1coc2ccccc12)C1COc2cccc(OC)c2C1.Cl. The number of benzene rings is 2. The summed E-state index contributed by atoms with van der Waals surface area (Å²) in [6.07, 6.45) is 5.02. The second kappa shape index (κ2) is 9.35. The van der Waals surface area contributed by atoms with Crippen LogP contribution in [0.15, 0.2) is 53.1 Å². The maximum absolute atomic E-state index is 6.03. The van der Waals surface area contributed by atoms with Gasteiger partial charge in [-0.15, -0.1) is 12.4 Å². The van der Waals surface area contributed by atoms with Gasteiger partial charge in [0.15, 0.2) is 0 Å². The van der Waals surface area contributed by atoms with Crippen molar-refractivity contribution in [2.75, 3.05) is 26.8 Å². The van der Waals surface area contributed by atoms with E-state index in [0.29, 0.717) is 6.04 Å². The zero-order valence-corrected chi connectivity index (χ0v) is 17.3. The molecule has 5 heteroatoms. The third-order valence-corrected chi connectivity index (χ3v) is 5.56. The smallest absolute Gasteiger partial charge is 0.134 e. The Hall–Kier alpha value is -2.17. The number of ether oxygens (including phenoxy) is 2. The summed E-state index contributed by atoms with van der Waals surface area (Å²) in [5, 5.41) is 1.24. The van der Waals surface area contributed by atoms with Gasteiger partial charge in [-0.25, -0.2) is 0 Å². The maximum Gasteiger partial charge on any atom is 0.134 e. The number of hydrogen-bond acceptors (Lipinski definition) is 4. The van der Waals surface area contributed by atoms with Crippen LogP contribution >= 0.6 is 12.4 Å². The molecule has 2 heterocycles. The van der Waals surface area contributed by atoms with E-state index in [9.17, 15) is 0 Å². The third-order valence-electron chi connectivity index (χ3n) is 5.56. The van der Waals surface area contributed by atoms with Crippen molar-refractivity contribution in [3.8, 4) is 11.5 Å². The largest absolute Gasteiger partial charge is 0.496 e. The first-order valence-electron chi connectivity index (χ1n) is 9.78. The minimum absolute atomic E-state index is 0. The first-order chi connectivity index (χ1) is 13.3. The molecule has 0 spiro atoms. The number of rotatable bonds is 7. The molecule has 1 atom stereocenters. The molecule has 0 radical (unpaired) electrons. The number of fused-ring (bicyclic) bond motifs is 2. The molecule has 0 aliphatic carbocycles. The van der Waals surface area contributed by atoms with E-state index in [2.05, 4.69) is 24.0 Å². The van der Waals surface area contributed by atoms with E-state index in [1.54, 1.807) is 7.11 Å². The molecule has 0 fully saturated rings. The molecule has 1 unspecified atom stereocenters. The van der Waals surface area contributed by atoms with Crippen molar-refractivity contribution >= 4 is 23.4 Å². The fourth-order valence-corrected chi connectivity index (χ4v) is 4.09. The highest BCUT2D eigenvalue weighted by Gasteiger charge is 2.26. The van der Waals surface area contributed by atoms with E-state index in [0.717, 1.165) is 56.0 Å². The first kappa shape index (κ1) is 20.6. The average Bonchev–Trinajstić information content (AvgIpc) is 3.13. The molecule has 0 saturated heterocycles. The average molecular weight is 402 g/mol. The molecule has 3 aromatic rings. The minimum Gasteiger partial charge on any atom is -0.496 e. The van der Waals surface area contributed by atoms with Gasteiger partial charge in [0.25, 0.3) is 0 Å². The number of para-hydroxylation sites is 1. The highest BCUT2D eigenvalue weighted by atomic mass is 35.5. The highest BCUT2D eigenvalue weighted by molar-refractivity contribution is 5.85. The number of hydrogen-bond donors (Lipinski definition) is 0. The lowest BCUT2D eigenvalue weighted by molar-refractivity contribution is 0.121. The summed E-state index contributed by atoms with van der Waals surface area (Å²) in [7, 11) is 1.73. The van der Waals surface area contributed by atoms with Crippen molar-refractivity contribution in [1.29, 1.82) is 0 Å². The molecular weight excluding hydrogens is 374 g/mol. The first-order valence-corrected chi connectivity index (χ1v) is 9.78. The van der Waals surface area contributed by atoms with Crippen LogP contribution in [0.4, 0.5) is 0 Å². The maximum atomic E-state index is 6.03. The van der Waals surface area contributed by atoms with E-state index in [4.69, 9.17) is 13.9 Å². The van der Waals surface area contributed by atoms with Gasteiger partial charge in [0.2, 0.25) is 0 Å². The second-order valence-electron chi connectivity index (χ2n) is 7.10. The minimum atomic E-state index is 0. The number of likely N-dealkylation sites (N-methyl/N-ethyl adjacent to an activating group) is 1. The van der Waals surface area contributed by atoms with Crippen LogP contribution in [0.2, 0.25) is 0 Å². The zero-order chi connectivity index (χ0) is 18.6. The summed E-state index contributed by atoms with van der Waals surface area (Å²) in [5.41, 5.74) is 3.47. The summed E-state index contributed by atoms with van der Waals surface area (Å²) < 4.78 is 17.2. The second-order valence-corrected chi connectivity index (χ2v) is 7.10. The molecule has 2 aromatic carbocycles. The van der Waals surface area contributed by atoms with Crippen molar-refractivity contribution in [2.45, 2.75) is 32.2 Å². The van der Waals surface area contributed by atoms with Gasteiger partial charge in [-0.3, -0.25) is 4.90 Å². The van der Waals surface area contributed by atoms with Gasteiger partial charge in [0, 0.05) is 17.0 Å². The molecule has 4 nitrogen and oxygen atoms in total. The number of nitrogens with zero attached hydrogens (tertiary/aromatic N) is 1. The van der Waals surface area contributed by atoms with Crippen LogP contribution in [0.5, 0.6) is 11.5 Å². The molecule has 0 amide bonds. The van der Waals surface area contributed by atoms with Crippen molar-refractivity contribution in [3.05, 3.63) is 59.9 Å². The number of methoxy groups -OCH3 is 1. The molecule has 150 valence electrons. The fraction of sp³-hybridized carbons (Fsp3) is 0.391. The van der Waals surface area contributed by atoms with Crippen molar-refractivity contribution < 1.29 is 13.9 Å². The van der Waals surface area contributed by atoms with Crippen LogP contribution in [0, 0.1) is 0 Å². The summed E-state index contributed by atoms with van der Waals surface area (Å²) >= 11 is 0. The monoisotopic (exact) mass is 401 g/mol. The van der Waals surface area contributed by atoms with Crippen molar-refractivity contribution in [3.63, 3.8) is 0 Å². The molecule has 1 aliphatic rings. The van der Waals surface area contributed by atoms with Crippen LogP contribution in [-0.2, 0) is 12.8 Å². The van der Waals surface area contributed by atoms with E-state index in [-0.39, 0.29) is 12.4 Å². The quantitative estimate of drug-likeness (QED) is 0.550. The van der Waals surface area contributed by atoms with E-state index in [1.807, 2.05) is 36.6 Å². The molecular formula is C23H28ClNO3. The fourth-order valence-electron chi connectivity index (χ4n) is 4.09. The van der Waals surface area contributed by atoms with Gasteiger partial charge in [0.1, 0.15) is 23.7 Å². The summed E-state index contributed by atoms with van der Waals surface area (Å²) in [4.78, 5) is 2.53. The number of aryl methyl sites for hydroxylation is 1. The molecule has 0 N–H and O–H groups in total. The lowest BCUT2D eigenvalue weighted by Gasteiger charge is -2.35. The van der Waals surface area contributed by atoms with Crippen LogP contribution in [0.3, 0.4) is 0 Å². The predicted octanol–water partition coefficient (Wildman–Crippen LogP) is 5.12. The standard InChI is InChI=1S/C23H27NO3.ClH/c1-3-24(13-7-8-17-15-26-22-10-5-4-9-19(17)22)18-14-20-21(25-2)11-6-12-23(20)27-16-18;/h4-6,9-12,15,18H,3,7-8,13-14,16H2,1-2H3;1H. The number of halogens is 1. The predicted molar refractivity (Wildman–Crippen MR) is 115 cm³/mol. The Balaban J connectivity index is 0.00000225. The Morgan fingerprint density at radius 3 is 2.82 bits per heavy atom. The Morgan fingerprint density at radius 1 is 1.14 bits per heavy atom. The van der Waals surface area contributed by atoms with Gasteiger partial charge in [-0.05, 0) is 56.1 Å². The lowest BCUT2D eigenvalue weighted by Crippen LogP contribution is -2.43. The van der Waals surface area contributed by atoms with Crippen molar-refractivity contribution in [2.24, 2.45) is 0 Å². The Kier molecular flexibility index (Phi) is 6.87. The zero-order valence-electron chi connectivity index (χ0n) is 16.5. The third kappa shape index (κ3) is 4.13. The summed E-state index contributed by atoms with van der Waals surface area (Å²) in [6.45, 7) is 5.03. The summed E-state index contributed by atoms with van der Waals surface area (Å²) in [5.74, 6) is 1.89. The Bertz CT molecular complexity index is 894. The topological polar surface area (TPSA) is 34.8 Å². The Morgan fingerprint density at radius 2 is 2.00 bits per heavy atom. The van der Waals surface area contributed by atoms with E-state index < -0.39 is 0 Å². The van der Waals surface area contributed by atoms with Gasteiger partial charge in [0.05, 0.1) is 13.4 Å². The van der Waals surface area contributed by atoms with Crippen LogP contribution in [0.25, 0.3) is 11.0 Å². The molecule has 0 bridgehead atoms. The van der Waals surface area contributed by atoms with Crippen LogP contribution < -0.4 is 9.47 Å². The van der Waals surface area contributed by atoms with Crippen LogP contribution in [-0.4, -0.2) is 37.7 Å². The molecule has 0 saturated carbocycles. The normalized spacial score (nSPS) is 15.8. The highest BCUT2D eigenvalue weighted by Crippen LogP contribution is 2.34. The van der Waals surface area contributed by atoms with E-state index in [1.165, 1.54) is 16.5 Å². The van der Waals surface area contributed by atoms with Crippen LogP contribution in [0.1, 0.15) is 24.5 Å². The Labute approximate surface area is 172 Å². The van der Waals surface area contributed by atoms with E-state index >= 15 is 0 Å². The molecule has 4 rings (SSSR count). The molecule has 28 heavy (non-hydrogen) atoms. The number of furan rings is 1.